The summed E-state index contributed by atoms with van der Waals surface area (Å²) in [4.78, 5) is 4.77. The lowest BCUT2D eigenvalue weighted by molar-refractivity contribution is 0.317. The van der Waals surface area contributed by atoms with E-state index in [1.807, 2.05) is 12.1 Å². The molecule has 2 aromatic rings. The number of nitrogens with one attached hydrogen (secondary N) is 1. The number of hydrogen-bond acceptors (Lipinski definition) is 4. The monoisotopic (exact) mass is 288 g/mol. The van der Waals surface area contributed by atoms with Crippen LogP contribution in [0.5, 0.6) is 5.75 Å². The van der Waals surface area contributed by atoms with Gasteiger partial charge < -0.3 is 10.1 Å². The zero-order valence-electron chi connectivity index (χ0n) is 11.8. The van der Waals surface area contributed by atoms with Crippen LogP contribution in [0.25, 0.3) is 11.3 Å². The van der Waals surface area contributed by atoms with E-state index in [2.05, 4.69) is 29.8 Å². The van der Waals surface area contributed by atoms with Crippen LogP contribution in [0.3, 0.4) is 0 Å². The van der Waals surface area contributed by atoms with Gasteiger partial charge in [-0.2, -0.15) is 0 Å². The maximum absolute atomic E-state index is 5.60. The van der Waals surface area contributed by atoms with Gasteiger partial charge in [0.25, 0.3) is 0 Å². The maximum Gasteiger partial charge on any atom is 0.119 e. The van der Waals surface area contributed by atoms with Gasteiger partial charge in [0.15, 0.2) is 0 Å². The van der Waals surface area contributed by atoms with Gasteiger partial charge in [-0.25, -0.2) is 4.98 Å². The molecule has 0 aliphatic carbocycles. The Labute approximate surface area is 124 Å². The molecule has 0 radical (unpaired) electrons. The van der Waals surface area contributed by atoms with Gasteiger partial charge in [0.2, 0.25) is 0 Å². The van der Waals surface area contributed by atoms with Crippen LogP contribution in [0.1, 0.15) is 37.2 Å². The van der Waals surface area contributed by atoms with Crippen molar-refractivity contribution in [3.8, 4) is 17.0 Å². The van der Waals surface area contributed by atoms with E-state index in [0.29, 0.717) is 6.04 Å². The minimum atomic E-state index is 0.459. The molecular formula is C16H20N2OS. The second kappa shape index (κ2) is 6.37. The summed E-state index contributed by atoms with van der Waals surface area (Å²) in [6, 6.07) is 8.69. The van der Waals surface area contributed by atoms with Gasteiger partial charge in [0.05, 0.1) is 18.3 Å². The molecule has 1 fully saturated rings. The van der Waals surface area contributed by atoms with Crippen LogP contribution in [0, 0.1) is 0 Å². The van der Waals surface area contributed by atoms with Crippen LogP contribution in [-0.2, 0) is 0 Å². The van der Waals surface area contributed by atoms with Crippen LogP contribution in [-0.4, -0.2) is 18.1 Å². The molecule has 1 aliphatic rings. The molecule has 2 heterocycles. The van der Waals surface area contributed by atoms with Gasteiger partial charge in [-0.05, 0) is 50.1 Å². The Morgan fingerprint density at radius 1 is 1.35 bits per heavy atom. The second-order valence-electron chi connectivity index (χ2n) is 5.09. The highest BCUT2D eigenvalue weighted by atomic mass is 32.1. The van der Waals surface area contributed by atoms with E-state index < -0.39 is 0 Å². The molecule has 4 heteroatoms. The summed E-state index contributed by atoms with van der Waals surface area (Å²) in [6.45, 7) is 4.00. The summed E-state index contributed by atoms with van der Waals surface area (Å²) in [5.41, 5.74) is 2.23. The molecule has 0 saturated carbocycles. The minimum absolute atomic E-state index is 0.459. The molecule has 3 nitrogen and oxygen atoms in total. The average Bonchev–Trinajstić information content (AvgIpc) is 3.16. The van der Waals surface area contributed by atoms with Crippen LogP contribution in [0.4, 0.5) is 0 Å². The highest BCUT2D eigenvalue weighted by Crippen LogP contribution is 2.30. The molecule has 106 valence electrons. The Morgan fingerprint density at radius 3 is 2.90 bits per heavy atom. The SMILES string of the molecule is CCCOc1ccc(-c2csc(C3CCCN3)n2)cc1. The topological polar surface area (TPSA) is 34.1 Å². The number of hydrogen-bond donors (Lipinski definition) is 1. The van der Waals surface area contributed by atoms with Crippen LogP contribution in [0.2, 0.25) is 0 Å². The quantitative estimate of drug-likeness (QED) is 0.902. The van der Waals surface area contributed by atoms with Gasteiger partial charge in [0.1, 0.15) is 10.8 Å². The van der Waals surface area contributed by atoms with E-state index in [9.17, 15) is 0 Å². The molecule has 1 N–H and O–H groups in total. The van der Waals surface area contributed by atoms with Gasteiger partial charge in [-0.1, -0.05) is 6.92 Å². The first kappa shape index (κ1) is 13.6. The van der Waals surface area contributed by atoms with Crippen LogP contribution >= 0.6 is 11.3 Å². The fourth-order valence-electron chi connectivity index (χ4n) is 2.42. The Balaban J connectivity index is 1.72. The summed E-state index contributed by atoms with van der Waals surface area (Å²) in [5.74, 6) is 0.934. The van der Waals surface area contributed by atoms with Crippen molar-refractivity contribution < 1.29 is 4.74 Å². The molecule has 1 aliphatic heterocycles. The fraction of sp³-hybridized carbons (Fsp3) is 0.438. The first-order valence-electron chi connectivity index (χ1n) is 7.29. The fourth-order valence-corrected chi connectivity index (χ4v) is 3.36. The van der Waals surface area contributed by atoms with E-state index in [1.54, 1.807) is 11.3 Å². The van der Waals surface area contributed by atoms with Crippen molar-refractivity contribution in [2.24, 2.45) is 0 Å². The summed E-state index contributed by atoms with van der Waals surface area (Å²) in [7, 11) is 0. The number of nitrogens with zero attached hydrogens (tertiary/aromatic N) is 1. The average molecular weight is 288 g/mol. The number of benzene rings is 1. The Hall–Kier alpha value is -1.39. The molecule has 0 spiro atoms. The van der Waals surface area contributed by atoms with E-state index in [0.717, 1.165) is 36.6 Å². The van der Waals surface area contributed by atoms with Gasteiger partial charge >= 0.3 is 0 Å². The third kappa shape index (κ3) is 3.02. The van der Waals surface area contributed by atoms with Crippen molar-refractivity contribution in [3.05, 3.63) is 34.7 Å². The Kier molecular flexibility index (Phi) is 4.33. The predicted molar refractivity (Wildman–Crippen MR) is 83.3 cm³/mol. The lowest BCUT2D eigenvalue weighted by atomic mass is 10.1. The maximum atomic E-state index is 5.60. The molecule has 1 unspecified atom stereocenters. The molecule has 1 atom stereocenters. The molecule has 0 amide bonds. The highest BCUT2D eigenvalue weighted by molar-refractivity contribution is 7.10. The lowest BCUT2D eigenvalue weighted by Gasteiger charge is -2.05. The van der Waals surface area contributed by atoms with E-state index in [4.69, 9.17) is 9.72 Å². The summed E-state index contributed by atoms with van der Waals surface area (Å²) in [6.07, 6.45) is 3.49. The Morgan fingerprint density at radius 2 is 2.20 bits per heavy atom. The zero-order valence-corrected chi connectivity index (χ0v) is 12.6. The van der Waals surface area contributed by atoms with E-state index >= 15 is 0 Å². The summed E-state index contributed by atoms with van der Waals surface area (Å²) < 4.78 is 5.60. The van der Waals surface area contributed by atoms with Crippen LogP contribution in [0.15, 0.2) is 29.6 Å². The smallest absolute Gasteiger partial charge is 0.119 e. The molecular weight excluding hydrogens is 268 g/mol. The van der Waals surface area contributed by atoms with Crippen molar-refractivity contribution in [2.75, 3.05) is 13.2 Å². The molecule has 3 rings (SSSR count). The van der Waals surface area contributed by atoms with Gasteiger partial charge in [-0.3, -0.25) is 0 Å². The summed E-state index contributed by atoms with van der Waals surface area (Å²) in [5, 5.41) is 6.86. The third-order valence-electron chi connectivity index (χ3n) is 3.50. The molecule has 1 aromatic carbocycles. The normalized spacial score (nSPS) is 18.4. The first-order valence-corrected chi connectivity index (χ1v) is 8.17. The van der Waals surface area contributed by atoms with Gasteiger partial charge in [-0.15, -0.1) is 11.3 Å². The van der Waals surface area contributed by atoms with Crippen molar-refractivity contribution in [3.63, 3.8) is 0 Å². The van der Waals surface area contributed by atoms with Crippen LogP contribution < -0.4 is 10.1 Å². The lowest BCUT2D eigenvalue weighted by Crippen LogP contribution is -2.12. The van der Waals surface area contributed by atoms with E-state index in [1.165, 1.54) is 17.8 Å². The number of thiazole rings is 1. The second-order valence-corrected chi connectivity index (χ2v) is 5.98. The third-order valence-corrected chi connectivity index (χ3v) is 4.46. The number of aromatic nitrogens is 1. The van der Waals surface area contributed by atoms with Crippen molar-refractivity contribution in [2.45, 2.75) is 32.2 Å². The first-order chi connectivity index (χ1) is 9.86. The Bertz CT molecular complexity index is 544. The number of ether oxygens (including phenoxy) is 1. The molecule has 20 heavy (non-hydrogen) atoms. The number of rotatable bonds is 5. The highest BCUT2D eigenvalue weighted by Gasteiger charge is 2.19. The van der Waals surface area contributed by atoms with E-state index in [-0.39, 0.29) is 0 Å². The summed E-state index contributed by atoms with van der Waals surface area (Å²) >= 11 is 1.75. The van der Waals surface area contributed by atoms with Gasteiger partial charge in [0, 0.05) is 10.9 Å². The largest absolute Gasteiger partial charge is 0.494 e. The van der Waals surface area contributed by atoms with Crippen molar-refractivity contribution in [1.29, 1.82) is 0 Å². The predicted octanol–water partition coefficient (Wildman–Crippen LogP) is 4.02. The van der Waals surface area contributed by atoms with Crippen molar-refractivity contribution in [1.82, 2.24) is 10.3 Å². The molecule has 0 bridgehead atoms. The van der Waals surface area contributed by atoms with Crippen molar-refractivity contribution >= 4 is 11.3 Å². The standard InChI is InChI=1S/C16H20N2OS/c1-2-10-19-13-7-5-12(6-8-13)15-11-20-16(18-15)14-4-3-9-17-14/h5-8,11,14,17H,2-4,9-10H2,1H3. The molecule has 1 saturated heterocycles. The zero-order chi connectivity index (χ0) is 13.8. The molecule has 1 aromatic heterocycles. The minimum Gasteiger partial charge on any atom is -0.494 e.